The van der Waals surface area contributed by atoms with Crippen molar-refractivity contribution in [1.29, 1.82) is 0 Å². The molecule has 0 radical (unpaired) electrons. The van der Waals surface area contributed by atoms with E-state index in [4.69, 9.17) is 24.0 Å². The molecule has 2 N–H and O–H groups in total. The predicted molar refractivity (Wildman–Crippen MR) is 170 cm³/mol. The number of rotatable bonds is 15. The number of aliphatic hydroxyl groups excluding tert-OH is 1. The maximum absolute atomic E-state index is 12.7. The van der Waals surface area contributed by atoms with Crippen LogP contribution in [-0.2, 0) is 19.1 Å². The number of benzene rings is 3. The van der Waals surface area contributed by atoms with Gasteiger partial charge in [-0.3, -0.25) is 9.59 Å². The molecule has 3 atom stereocenters. The monoisotopic (exact) mass is 614 g/mol. The van der Waals surface area contributed by atoms with Crippen molar-refractivity contribution < 1.29 is 28.6 Å². The van der Waals surface area contributed by atoms with Crippen LogP contribution in [0.4, 0.5) is 0 Å². The molecule has 0 saturated carbocycles. The van der Waals surface area contributed by atoms with Gasteiger partial charge in [-0.1, -0.05) is 116 Å². The summed E-state index contributed by atoms with van der Waals surface area (Å²) in [5.41, 5.74) is 3.75. The number of unbranched alkanes of at least 4 members (excludes halogenated alkanes) is 3. The van der Waals surface area contributed by atoms with Crippen molar-refractivity contribution >= 4 is 23.5 Å². The number of nitrogens with zero attached hydrogens (tertiary/aromatic N) is 1. The zero-order valence-corrected chi connectivity index (χ0v) is 25.4. The predicted octanol–water partition coefficient (Wildman–Crippen LogP) is 6.95. The Balaban J connectivity index is 1.22. The Kier molecular flexibility index (Phi) is 11.8. The van der Waals surface area contributed by atoms with Crippen molar-refractivity contribution in [2.24, 2.45) is 0 Å². The van der Waals surface area contributed by atoms with Gasteiger partial charge < -0.3 is 24.3 Å². The summed E-state index contributed by atoms with van der Waals surface area (Å²) in [6.45, 7) is -0.408. The molecular weight excluding hydrogens is 576 g/mol. The van der Waals surface area contributed by atoms with Gasteiger partial charge in [0.2, 0.25) is 12.3 Å². The zero-order valence-electron chi connectivity index (χ0n) is 24.6. The number of thioether (sulfide) groups is 1. The summed E-state index contributed by atoms with van der Waals surface area (Å²) in [5.74, 6) is 0.995. The molecule has 1 saturated heterocycles. The second kappa shape index (κ2) is 16.4. The van der Waals surface area contributed by atoms with E-state index in [1.165, 1.54) is 11.8 Å². The topological polar surface area (TPSA) is 111 Å². The van der Waals surface area contributed by atoms with Crippen LogP contribution in [0.5, 0.6) is 0 Å². The maximum atomic E-state index is 12.7. The van der Waals surface area contributed by atoms with Crippen molar-refractivity contribution in [1.82, 2.24) is 10.3 Å². The molecule has 1 aliphatic rings. The number of amides is 1. The van der Waals surface area contributed by atoms with Crippen LogP contribution in [0, 0.1) is 0 Å². The highest BCUT2D eigenvalue weighted by atomic mass is 32.2. The molecule has 3 aromatic carbocycles. The molecule has 9 heteroatoms. The third-order valence-electron chi connectivity index (χ3n) is 7.40. The molecule has 0 spiro atoms. The molecule has 1 aliphatic heterocycles. The second-order valence-electron chi connectivity index (χ2n) is 10.7. The van der Waals surface area contributed by atoms with E-state index >= 15 is 0 Å². The first-order chi connectivity index (χ1) is 21.6. The lowest BCUT2D eigenvalue weighted by Crippen LogP contribution is -2.46. The fourth-order valence-corrected chi connectivity index (χ4v) is 5.95. The molecule has 4 aromatic rings. The Labute approximate surface area is 262 Å². The van der Waals surface area contributed by atoms with Crippen LogP contribution in [0.15, 0.2) is 101 Å². The number of aromatic nitrogens is 1. The van der Waals surface area contributed by atoms with Gasteiger partial charge in [-0.15, -0.1) is 0 Å². The molecule has 0 aliphatic carbocycles. The molecule has 1 amide bonds. The molecule has 44 heavy (non-hydrogen) atoms. The van der Waals surface area contributed by atoms with Crippen LogP contribution in [0.2, 0.25) is 0 Å². The summed E-state index contributed by atoms with van der Waals surface area (Å²) in [7, 11) is 0. The lowest BCUT2D eigenvalue weighted by molar-refractivity contribution is -0.251. The molecule has 1 fully saturated rings. The number of hydrogen-bond donors (Lipinski definition) is 2. The minimum atomic E-state index is -0.876. The maximum Gasteiger partial charge on any atom is 0.256 e. The van der Waals surface area contributed by atoms with E-state index < -0.39 is 13.0 Å². The van der Waals surface area contributed by atoms with Gasteiger partial charge in [0.1, 0.15) is 12.3 Å². The van der Waals surface area contributed by atoms with Gasteiger partial charge in [0.05, 0.1) is 12.2 Å². The summed E-state index contributed by atoms with van der Waals surface area (Å²) >= 11 is 1.48. The van der Waals surface area contributed by atoms with Gasteiger partial charge >= 0.3 is 0 Å². The molecule has 2 heterocycles. The van der Waals surface area contributed by atoms with Crippen LogP contribution < -0.4 is 5.32 Å². The lowest BCUT2D eigenvalue weighted by Gasteiger charge is -2.35. The van der Waals surface area contributed by atoms with Crippen LogP contribution in [0.3, 0.4) is 0 Å². The van der Waals surface area contributed by atoms with Crippen molar-refractivity contribution in [3.05, 3.63) is 96.6 Å². The molecule has 0 bridgehead atoms. The lowest BCUT2D eigenvalue weighted by atomic mass is 10.0. The average molecular weight is 615 g/mol. The van der Waals surface area contributed by atoms with E-state index in [9.17, 15) is 9.59 Å². The van der Waals surface area contributed by atoms with Crippen molar-refractivity contribution in [3.8, 4) is 22.6 Å². The van der Waals surface area contributed by atoms with Gasteiger partial charge in [0.15, 0.2) is 11.5 Å². The summed E-state index contributed by atoms with van der Waals surface area (Å²) in [6, 6.07) is 29.9. The zero-order chi connectivity index (χ0) is 30.6. The Morgan fingerprint density at radius 3 is 2.14 bits per heavy atom. The fourth-order valence-electron chi connectivity index (χ4n) is 5.11. The highest BCUT2D eigenvalue weighted by molar-refractivity contribution is 7.99. The minimum Gasteiger partial charge on any atom is -0.431 e. The summed E-state index contributed by atoms with van der Waals surface area (Å²) in [6.07, 6.45) is 3.08. The normalized spacial score (nSPS) is 18.2. The number of oxazole rings is 1. The number of hydrogen-bond acceptors (Lipinski definition) is 8. The minimum absolute atomic E-state index is 0.144. The van der Waals surface area contributed by atoms with Crippen LogP contribution in [0.1, 0.15) is 56.6 Å². The Morgan fingerprint density at radius 2 is 1.45 bits per heavy atom. The van der Waals surface area contributed by atoms with E-state index in [1.807, 2.05) is 91.0 Å². The Morgan fingerprint density at radius 1 is 0.818 bits per heavy atom. The first-order valence-corrected chi connectivity index (χ1v) is 16.1. The number of carbonyl (C=O) groups excluding carboxylic acids is 2. The molecule has 1 aromatic heterocycles. The first kappa shape index (κ1) is 31.7. The smallest absolute Gasteiger partial charge is 0.256 e. The Bertz CT molecular complexity index is 1410. The summed E-state index contributed by atoms with van der Waals surface area (Å²) < 4.78 is 18.7. The molecular formula is C35H38N2O6S. The number of ketones is 1. The number of aliphatic hydroxyl groups is 1. The molecule has 230 valence electrons. The van der Waals surface area contributed by atoms with E-state index in [0.29, 0.717) is 36.7 Å². The standard InChI is InChI=1S/C35H38N2O6S/c38-23-28(39)20-12-1-2-13-21-31(40)36-34-41-29(22-30(42-34)25-14-6-3-7-15-25)24-44-35-37-32(26-16-8-4-9-17-26)33(43-35)27-18-10-5-11-19-27/h3-11,14-19,29-30,34,38H,1-2,12-13,20-24H2,(H,36,40). The largest absolute Gasteiger partial charge is 0.431 e. The first-order valence-electron chi connectivity index (χ1n) is 15.1. The number of carbonyl (C=O) groups is 2. The highest BCUT2D eigenvalue weighted by Gasteiger charge is 2.32. The van der Waals surface area contributed by atoms with Crippen molar-refractivity contribution in [3.63, 3.8) is 0 Å². The number of ether oxygens (including phenoxy) is 2. The van der Waals surface area contributed by atoms with Gasteiger partial charge in [-0.05, 0) is 18.4 Å². The Hall–Kier alpha value is -3.76. The second-order valence-corrected chi connectivity index (χ2v) is 11.7. The van der Waals surface area contributed by atoms with Crippen LogP contribution in [0.25, 0.3) is 22.6 Å². The summed E-state index contributed by atoms with van der Waals surface area (Å²) in [5, 5.41) is 12.3. The number of Topliss-reactive ketones (excluding diaryl/α,β-unsaturated/α-hetero) is 1. The van der Waals surface area contributed by atoms with Crippen LogP contribution in [-0.4, -0.2) is 46.7 Å². The third kappa shape index (κ3) is 9.12. The van der Waals surface area contributed by atoms with Crippen molar-refractivity contribution in [2.45, 2.75) is 68.8 Å². The average Bonchev–Trinajstić information content (AvgIpc) is 3.51. The SMILES string of the molecule is O=C(CO)CCCCCCC(=O)NC1OC(CSc2nc(-c3ccccc3)c(-c3ccccc3)o2)CC(c2ccccc2)O1. The van der Waals surface area contributed by atoms with E-state index in [0.717, 1.165) is 47.4 Å². The highest BCUT2D eigenvalue weighted by Crippen LogP contribution is 2.37. The molecule has 3 unspecified atom stereocenters. The van der Waals surface area contributed by atoms with Gasteiger partial charge in [0, 0.05) is 36.1 Å². The van der Waals surface area contributed by atoms with Crippen molar-refractivity contribution in [2.75, 3.05) is 12.4 Å². The number of nitrogens with one attached hydrogen (secondary N) is 1. The molecule has 5 rings (SSSR count). The van der Waals surface area contributed by atoms with E-state index in [-0.39, 0.29) is 23.9 Å². The van der Waals surface area contributed by atoms with Gasteiger partial charge in [0.25, 0.3) is 5.22 Å². The fraction of sp³-hybridized carbons (Fsp3) is 0.343. The molecule has 8 nitrogen and oxygen atoms in total. The quantitative estimate of drug-likeness (QED) is 0.109. The third-order valence-corrected chi connectivity index (χ3v) is 8.36. The van der Waals surface area contributed by atoms with E-state index in [2.05, 4.69) is 5.32 Å². The summed E-state index contributed by atoms with van der Waals surface area (Å²) in [4.78, 5) is 28.9. The van der Waals surface area contributed by atoms with Gasteiger partial charge in [-0.25, -0.2) is 4.98 Å². The van der Waals surface area contributed by atoms with E-state index in [1.54, 1.807) is 0 Å². The van der Waals surface area contributed by atoms with Crippen LogP contribution >= 0.6 is 11.8 Å². The van der Waals surface area contributed by atoms with Gasteiger partial charge in [-0.2, -0.15) is 0 Å².